The molecular formula is C28H26FN3O3. The van der Waals surface area contributed by atoms with E-state index in [9.17, 15) is 14.3 Å². The summed E-state index contributed by atoms with van der Waals surface area (Å²) < 4.78 is 18.5. The highest BCUT2D eigenvalue weighted by atomic mass is 19.1. The Bertz CT molecular complexity index is 1440. The minimum absolute atomic E-state index is 0.125. The van der Waals surface area contributed by atoms with Crippen molar-refractivity contribution < 1.29 is 19.0 Å². The number of aromatic hydroxyl groups is 1. The lowest BCUT2D eigenvalue weighted by atomic mass is 9.95. The van der Waals surface area contributed by atoms with Crippen molar-refractivity contribution in [3.05, 3.63) is 101 Å². The molecule has 7 heteroatoms. The fourth-order valence-corrected chi connectivity index (χ4v) is 3.78. The normalized spacial score (nSPS) is 12.4. The Balaban J connectivity index is 1.89. The number of ether oxygens (including phenoxy) is 1. The van der Waals surface area contributed by atoms with Gasteiger partial charge in [-0.15, -0.1) is 0 Å². The van der Waals surface area contributed by atoms with Gasteiger partial charge in [0.05, 0.1) is 29.6 Å². The second-order valence-electron chi connectivity index (χ2n) is 8.75. The molecule has 0 atom stereocenters. The van der Waals surface area contributed by atoms with Gasteiger partial charge >= 0.3 is 5.97 Å². The van der Waals surface area contributed by atoms with Gasteiger partial charge in [-0.1, -0.05) is 30.3 Å². The molecule has 4 rings (SSSR count). The number of benzene rings is 3. The Hall–Kier alpha value is -4.23. The molecule has 1 heterocycles. The van der Waals surface area contributed by atoms with Crippen LogP contribution in [0.3, 0.4) is 0 Å². The van der Waals surface area contributed by atoms with Crippen molar-refractivity contribution >= 4 is 34.3 Å². The van der Waals surface area contributed by atoms with Crippen molar-refractivity contribution in [3.8, 4) is 5.88 Å². The van der Waals surface area contributed by atoms with Gasteiger partial charge in [0.2, 0.25) is 0 Å². The summed E-state index contributed by atoms with van der Waals surface area (Å²) in [4.78, 5) is 19.2. The lowest BCUT2D eigenvalue weighted by molar-refractivity contribution is -0.134. The highest BCUT2D eigenvalue weighted by Gasteiger charge is 2.20. The number of carbonyl (C=O) groups is 1. The second-order valence-corrected chi connectivity index (χ2v) is 8.75. The number of methoxy groups -OCH3 is 1. The molecule has 35 heavy (non-hydrogen) atoms. The van der Waals surface area contributed by atoms with Crippen LogP contribution in [0.4, 0.5) is 10.1 Å². The highest BCUT2D eigenvalue weighted by molar-refractivity contribution is 6.22. The third-order valence-electron chi connectivity index (χ3n) is 5.60. The Morgan fingerprint density at radius 2 is 1.86 bits per heavy atom. The fraction of sp³-hybridized carbons (Fsp3) is 0.143. The third kappa shape index (κ3) is 5.31. The van der Waals surface area contributed by atoms with Crippen LogP contribution in [0.15, 0.2) is 77.8 Å². The molecule has 4 aromatic rings. The minimum Gasteiger partial charge on any atom is -0.494 e. The van der Waals surface area contributed by atoms with Crippen LogP contribution in [-0.2, 0) is 15.1 Å². The zero-order valence-electron chi connectivity index (χ0n) is 19.7. The maximum atomic E-state index is 13.8. The van der Waals surface area contributed by atoms with Gasteiger partial charge < -0.3 is 20.6 Å². The summed E-state index contributed by atoms with van der Waals surface area (Å²) in [5, 5.41) is 11.4. The summed E-state index contributed by atoms with van der Waals surface area (Å²) in [6, 6.07) is 19.2. The topological polar surface area (TPSA) is 101 Å². The van der Waals surface area contributed by atoms with E-state index >= 15 is 0 Å². The van der Waals surface area contributed by atoms with Gasteiger partial charge in [0, 0.05) is 22.6 Å². The molecular weight excluding hydrogens is 445 g/mol. The first-order chi connectivity index (χ1) is 16.7. The van der Waals surface area contributed by atoms with E-state index in [4.69, 9.17) is 10.7 Å². The third-order valence-corrected chi connectivity index (χ3v) is 5.60. The van der Waals surface area contributed by atoms with E-state index in [2.05, 4.69) is 9.72 Å². The molecule has 0 unspecified atom stereocenters. The molecule has 0 fully saturated rings. The molecule has 4 N–H and O–H groups in total. The minimum atomic E-state index is -0.495. The molecule has 178 valence electrons. The predicted octanol–water partition coefficient (Wildman–Crippen LogP) is 5.56. The van der Waals surface area contributed by atoms with Crippen molar-refractivity contribution in [2.24, 2.45) is 10.7 Å². The average Bonchev–Trinajstić information content (AvgIpc) is 3.15. The largest absolute Gasteiger partial charge is 0.494 e. The Kier molecular flexibility index (Phi) is 6.53. The number of rotatable bonds is 6. The maximum absolute atomic E-state index is 13.8. The lowest BCUT2D eigenvalue weighted by Crippen LogP contribution is -2.28. The highest BCUT2D eigenvalue weighted by Crippen LogP contribution is 2.32. The van der Waals surface area contributed by atoms with Crippen molar-refractivity contribution in [1.29, 1.82) is 0 Å². The number of fused-ring (bicyclic) bond motifs is 1. The number of carbonyl (C=O) groups excluding carboxylic acids is 1. The van der Waals surface area contributed by atoms with Crippen LogP contribution in [0.5, 0.6) is 5.88 Å². The Morgan fingerprint density at radius 3 is 2.54 bits per heavy atom. The molecule has 3 aromatic carbocycles. The number of aromatic nitrogens is 1. The van der Waals surface area contributed by atoms with Gasteiger partial charge in [-0.3, -0.25) is 0 Å². The standard InChI is InChI=1S/C28H26FN3O3/c1-28(2,30)19-8-11-21(12-9-19)31-26(18-6-4-5-17(15-18)7-14-24(33)35-3)25-22-13-10-20(29)16-23(22)32-27(25)34/h4-16,32,34H,30H2,1-3H3/b14-7+,31-26?. The number of halogens is 1. The number of hydrogen-bond donors (Lipinski definition) is 3. The summed E-state index contributed by atoms with van der Waals surface area (Å²) in [6.07, 6.45) is 2.96. The number of H-pyrrole nitrogens is 1. The van der Waals surface area contributed by atoms with Gasteiger partial charge in [-0.25, -0.2) is 14.2 Å². The fourth-order valence-electron chi connectivity index (χ4n) is 3.78. The van der Waals surface area contributed by atoms with Crippen LogP contribution in [-0.4, -0.2) is 28.9 Å². The first-order valence-corrected chi connectivity index (χ1v) is 11.0. The van der Waals surface area contributed by atoms with E-state index in [1.165, 1.54) is 25.3 Å². The summed E-state index contributed by atoms with van der Waals surface area (Å²) in [5.41, 5.74) is 10.1. The van der Waals surface area contributed by atoms with Crippen LogP contribution in [0, 0.1) is 5.82 Å². The van der Waals surface area contributed by atoms with Crippen LogP contribution < -0.4 is 5.73 Å². The summed E-state index contributed by atoms with van der Waals surface area (Å²) in [5.74, 6) is -1.01. The molecule has 0 radical (unpaired) electrons. The van der Waals surface area contributed by atoms with Crippen molar-refractivity contribution in [3.63, 3.8) is 0 Å². The predicted molar refractivity (Wildman–Crippen MR) is 136 cm³/mol. The first kappa shape index (κ1) is 23.9. The Morgan fingerprint density at radius 1 is 1.11 bits per heavy atom. The maximum Gasteiger partial charge on any atom is 0.330 e. The van der Waals surface area contributed by atoms with Gasteiger partial charge in [-0.05, 0) is 67.4 Å². The van der Waals surface area contributed by atoms with Crippen molar-refractivity contribution in [2.75, 3.05) is 7.11 Å². The SMILES string of the molecule is COC(=O)/C=C/c1cccc(C(=Nc2ccc(C(C)(C)N)cc2)c2c(O)[nH]c3cc(F)ccc23)c1. The molecule has 0 amide bonds. The Labute approximate surface area is 202 Å². The molecule has 1 aromatic heterocycles. The zero-order chi connectivity index (χ0) is 25.2. The molecule has 0 aliphatic heterocycles. The average molecular weight is 472 g/mol. The van der Waals surface area contributed by atoms with E-state index in [1.807, 2.05) is 62.4 Å². The van der Waals surface area contributed by atoms with Crippen molar-refractivity contribution in [1.82, 2.24) is 4.98 Å². The molecule has 6 nitrogen and oxygen atoms in total. The lowest BCUT2D eigenvalue weighted by Gasteiger charge is -2.19. The van der Waals surface area contributed by atoms with Crippen LogP contribution in [0.2, 0.25) is 0 Å². The van der Waals surface area contributed by atoms with Crippen LogP contribution >= 0.6 is 0 Å². The van der Waals surface area contributed by atoms with Gasteiger partial charge in [0.1, 0.15) is 5.82 Å². The molecule has 0 saturated carbocycles. The van der Waals surface area contributed by atoms with Crippen LogP contribution in [0.25, 0.3) is 17.0 Å². The van der Waals surface area contributed by atoms with E-state index in [-0.39, 0.29) is 5.88 Å². The van der Waals surface area contributed by atoms with Crippen LogP contribution in [0.1, 0.15) is 36.1 Å². The molecule has 0 aliphatic carbocycles. The number of esters is 1. The summed E-state index contributed by atoms with van der Waals surface area (Å²) >= 11 is 0. The quantitative estimate of drug-likeness (QED) is 0.195. The van der Waals surface area contributed by atoms with E-state index < -0.39 is 17.3 Å². The van der Waals surface area contributed by atoms with Gasteiger partial charge in [0.25, 0.3) is 0 Å². The van der Waals surface area contributed by atoms with Gasteiger partial charge in [0.15, 0.2) is 5.88 Å². The number of nitrogens with two attached hydrogens (primary N) is 1. The summed E-state index contributed by atoms with van der Waals surface area (Å²) in [7, 11) is 1.31. The molecule has 0 aliphatic rings. The molecule has 0 spiro atoms. The number of hydrogen-bond acceptors (Lipinski definition) is 5. The zero-order valence-corrected chi connectivity index (χ0v) is 19.7. The number of aromatic amines is 1. The van der Waals surface area contributed by atoms with E-state index in [0.717, 1.165) is 11.1 Å². The molecule has 0 saturated heterocycles. The monoisotopic (exact) mass is 471 g/mol. The first-order valence-electron chi connectivity index (χ1n) is 11.0. The van der Waals surface area contributed by atoms with E-state index in [0.29, 0.717) is 33.4 Å². The molecule has 0 bridgehead atoms. The number of nitrogens with one attached hydrogen (secondary N) is 1. The van der Waals surface area contributed by atoms with Gasteiger partial charge in [-0.2, -0.15) is 0 Å². The summed E-state index contributed by atoms with van der Waals surface area (Å²) in [6.45, 7) is 3.85. The number of aliphatic imine (C=N–C) groups is 1. The van der Waals surface area contributed by atoms with E-state index in [1.54, 1.807) is 12.1 Å². The number of nitrogens with zero attached hydrogens (tertiary/aromatic N) is 1. The smallest absolute Gasteiger partial charge is 0.330 e. The second kappa shape index (κ2) is 9.56. The van der Waals surface area contributed by atoms with Crippen molar-refractivity contribution in [2.45, 2.75) is 19.4 Å².